The molecule has 0 radical (unpaired) electrons. The summed E-state index contributed by atoms with van der Waals surface area (Å²) in [6.45, 7) is 10.6. The van der Waals surface area contributed by atoms with Gasteiger partial charge in [-0.25, -0.2) is 4.79 Å². The fourth-order valence-electron chi connectivity index (χ4n) is 4.85. The Balaban J connectivity index is 1.80. The minimum atomic E-state index is -0.101. The number of benzene rings is 1. The number of hydrogen-bond acceptors (Lipinski definition) is 3. The minimum Gasteiger partial charge on any atom is -0.495 e. The van der Waals surface area contributed by atoms with Gasteiger partial charge < -0.3 is 15.0 Å². The van der Waals surface area contributed by atoms with Crippen molar-refractivity contribution in [2.75, 3.05) is 20.2 Å². The maximum atomic E-state index is 13.4. The first-order chi connectivity index (χ1) is 15.3. The van der Waals surface area contributed by atoms with Gasteiger partial charge in [-0.1, -0.05) is 51.3 Å². The number of hydrogen-bond donors (Lipinski definition) is 1. The first kappa shape index (κ1) is 24.1. The fraction of sp³-hybridized carbons (Fsp3) is 0.556. The van der Waals surface area contributed by atoms with Crippen molar-refractivity contribution in [2.24, 2.45) is 5.92 Å². The van der Waals surface area contributed by atoms with Crippen molar-refractivity contribution in [1.29, 1.82) is 0 Å². The van der Waals surface area contributed by atoms with Crippen LogP contribution in [0.2, 0.25) is 0 Å². The topological polar surface area (TPSA) is 54.5 Å². The van der Waals surface area contributed by atoms with E-state index in [-0.39, 0.29) is 11.4 Å². The lowest BCUT2D eigenvalue weighted by atomic mass is 9.71. The summed E-state index contributed by atoms with van der Waals surface area (Å²) in [5.41, 5.74) is 4.65. The van der Waals surface area contributed by atoms with Crippen LogP contribution < -0.4 is 10.1 Å². The van der Waals surface area contributed by atoms with Crippen LogP contribution in [0.5, 0.6) is 5.75 Å². The summed E-state index contributed by atoms with van der Waals surface area (Å²) >= 11 is 0. The van der Waals surface area contributed by atoms with E-state index in [0.29, 0.717) is 19.0 Å². The van der Waals surface area contributed by atoms with Gasteiger partial charge in [0.2, 0.25) is 0 Å². The van der Waals surface area contributed by atoms with E-state index in [1.165, 1.54) is 36.0 Å². The van der Waals surface area contributed by atoms with Crippen LogP contribution in [-0.4, -0.2) is 36.1 Å². The zero-order chi connectivity index (χ0) is 23.1. The van der Waals surface area contributed by atoms with E-state index in [1.807, 2.05) is 11.0 Å². The fourth-order valence-corrected chi connectivity index (χ4v) is 4.85. The normalized spacial score (nSPS) is 15.4. The Labute approximate surface area is 193 Å². The Bertz CT molecular complexity index is 886. The molecule has 1 aromatic heterocycles. The van der Waals surface area contributed by atoms with Crippen LogP contribution >= 0.6 is 0 Å². The highest BCUT2D eigenvalue weighted by Crippen LogP contribution is 2.40. The standard InChI is InChI=1S/C27H39N3O2/c1-20(2)18-30(26(31)29-16-23-11-9-10-21(3)22(23)4)19-27(14-7-6-8-15-27)25-13-12-24(32-5)17-28-25/h9-13,17,20H,6-8,14-16,18-19H2,1-5H3,(H,29,31). The molecule has 1 aliphatic carbocycles. The molecule has 1 saturated carbocycles. The highest BCUT2D eigenvalue weighted by molar-refractivity contribution is 5.74. The van der Waals surface area contributed by atoms with Crippen LogP contribution in [0.1, 0.15) is 68.3 Å². The number of methoxy groups -OCH3 is 1. The number of aryl methyl sites for hydroxylation is 1. The third-order valence-electron chi connectivity index (χ3n) is 6.84. The number of amides is 2. The van der Waals surface area contributed by atoms with E-state index < -0.39 is 0 Å². The second-order valence-electron chi connectivity index (χ2n) is 9.72. The highest BCUT2D eigenvalue weighted by Gasteiger charge is 2.38. The molecule has 2 amide bonds. The molecule has 1 aliphatic rings. The summed E-state index contributed by atoms with van der Waals surface area (Å²) in [6.07, 6.45) is 7.52. The average molecular weight is 438 g/mol. The van der Waals surface area contributed by atoms with Crippen LogP contribution in [0.3, 0.4) is 0 Å². The van der Waals surface area contributed by atoms with Gasteiger partial charge in [-0.15, -0.1) is 0 Å². The molecule has 0 saturated heterocycles. The number of urea groups is 1. The minimum absolute atomic E-state index is 0.0121. The molecule has 0 atom stereocenters. The predicted molar refractivity (Wildman–Crippen MR) is 130 cm³/mol. The summed E-state index contributed by atoms with van der Waals surface area (Å²) in [7, 11) is 1.66. The lowest BCUT2D eigenvalue weighted by Crippen LogP contribution is -2.50. The Morgan fingerprint density at radius 2 is 1.91 bits per heavy atom. The molecule has 174 valence electrons. The van der Waals surface area contributed by atoms with Crippen LogP contribution in [-0.2, 0) is 12.0 Å². The van der Waals surface area contributed by atoms with Crippen LogP contribution in [0.4, 0.5) is 4.79 Å². The second kappa shape index (κ2) is 10.8. The molecule has 0 unspecified atom stereocenters. The third kappa shape index (κ3) is 5.81. The van der Waals surface area contributed by atoms with Gasteiger partial charge in [-0.3, -0.25) is 4.98 Å². The summed E-state index contributed by atoms with van der Waals surface area (Å²) in [4.78, 5) is 20.2. The lowest BCUT2D eigenvalue weighted by Gasteiger charge is -2.41. The summed E-state index contributed by atoms with van der Waals surface area (Å²) in [5.74, 6) is 1.16. The predicted octanol–water partition coefficient (Wildman–Crippen LogP) is 5.78. The third-order valence-corrected chi connectivity index (χ3v) is 6.84. The van der Waals surface area contributed by atoms with Gasteiger partial charge >= 0.3 is 6.03 Å². The van der Waals surface area contributed by atoms with Crippen LogP contribution in [0.15, 0.2) is 36.5 Å². The average Bonchev–Trinajstić information content (AvgIpc) is 2.80. The monoisotopic (exact) mass is 437 g/mol. The number of ether oxygens (including phenoxy) is 1. The van der Waals surface area contributed by atoms with Crippen LogP contribution in [0.25, 0.3) is 0 Å². The van der Waals surface area contributed by atoms with Gasteiger partial charge in [-0.2, -0.15) is 0 Å². The zero-order valence-electron chi connectivity index (χ0n) is 20.4. The number of nitrogens with one attached hydrogen (secondary N) is 1. The second-order valence-corrected chi connectivity index (χ2v) is 9.72. The van der Waals surface area contributed by atoms with E-state index in [1.54, 1.807) is 13.3 Å². The number of carbonyl (C=O) groups excluding carboxylic acids is 1. The molecule has 0 aliphatic heterocycles. The first-order valence-electron chi connectivity index (χ1n) is 11.9. The Morgan fingerprint density at radius 1 is 1.16 bits per heavy atom. The van der Waals surface area contributed by atoms with E-state index >= 15 is 0 Å². The SMILES string of the molecule is COc1ccc(C2(CN(CC(C)C)C(=O)NCc3cccc(C)c3C)CCCCC2)nc1. The van der Waals surface area contributed by atoms with Crippen molar-refractivity contribution in [3.05, 3.63) is 58.9 Å². The van der Waals surface area contributed by atoms with Crippen molar-refractivity contribution in [3.63, 3.8) is 0 Å². The quantitative estimate of drug-likeness (QED) is 0.570. The number of pyridine rings is 1. The molecule has 5 heteroatoms. The number of rotatable bonds is 8. The van der Waals surface area contributed by atoms with Crippen molar-refractivity contribution in [3.8, 4) is 5.75 Å². The summed E-state index contributed by atoms with van der Waals surface area (Å²) < 4.78 is 5.32. The zero-order valence-corrected chi connectivity index (χ0v) is 20.4. The molecular formula is C27H39N3O2. The molecule has 1 heterocycles. The van der Waals surface area contributed by atoms with Gasteiger partial charge in [0.1, 0.15) is 5.75 Å². The molecule has 1 aromatic carbocycles. The summed E-state index contributed by atoms with van der Waals surface area (Å²) in [6, 6.07) is 10.4. The first-order valence-corrected chi connectivity index (χ1v) is 11.9. The number of aromatic nitrogens is 1. The lowest BCUT2D eigenvalue weighted by molar-refractivity contribution is 0.152. The molecule has 5 nitrogen and oxygen atoms in total. The molecule has 2 aromatic rings. The highest BCUT2D eigenvalue weighted by atomic mass is 16.5. The van der Waals surface area contributed by atoms with Crippen molar-refractivity contribution in [1.82, 2.24) is 15.2 Å². The molecule has 0 spiro atoms. The molecule has 1 N–H and O–H groups in total. The molecule has 0 bridgehead atoms. The van der Waals surface area contributed by atoms with Gasteiger partial charge in [0.15, 0.2) is 0 Å². The molecular weight excluding hydrogens is 398 g/mol. The maximum absolute atomic E-state index is 13.4. The smallest absolute Gasteiger partial charge is 0.317 e. The summed E-state index contributed by atoms with van der Waals surface area (Å²) in [5, 5.41) is 3.20. The van der Waals surface area contributed by atoms with Gasteiger partial charge in [0, 0.05) is 30.7 Å². The molecule has 3 rings (SSSR count). The Morgan fingerprint density at radius 3 is 2.53 bits per heavy atom. The van der Waals surface area contributed by atoms with Gasteiger partial charge in [0.25, 0.3) is 0 Å². The largest absolute Gasteiger partial charge is 0.495 e. The van der Waals surface area contributed by atoms with Crippen molar-refractivity contribution >= 4 is 6.03 Å². The van der Waals surface area contributed by atoms with Gasteiger partial charge in [0.05, 0.1) is 13.3 Å². The Kier molecular flexibility index (Phi) is 8.16. The molecule has 1 fully saturated rings. The Hall–Kier alpha value is -2.56. The van der Waals surface area contributed by atoms with E-state index in [9.17, 15) is 4.79 Å². The van der Waals surface area contributed by atoms with Crippen molar-refractivity contribution in [2.45, 2.75) is 71.8 Å². The van der Waals surface area contributed by atoms with Crippen LogP contribution in [0, 0.1) is 19.8 Å². The van der Waals surface area contributed by atoms with Crippen molar-refractivity contribution < 1.29 is 9.53 Å². The van der Waals surface area contributed by atoms with E-state index in [4.69, 9.17) is 9.72 Å². The van der Waals surface area contributed by atoms with E-state index in [0.717, 1.165) is 30.8 Å². The number of nitrogens with zero attached hydrogens (tertiary/aromatic N) is 2. The number of carbonyl (C=O) groups is 1. The van der Waals surface area contributed by atoms with E-state index in [2.05, 4.69) is 57.3 Å². The molecule has 32 heavy (non-hydrogen) atoms. The van der Waals surface area contributed by atoms with Gasteiger partial charge in [-0.05, 0) is 61.4 Å². The maximum Gasteiger partial charge on any atom is 0.317 e.